The number of halogens is 1. The molecule has 116 valence electrons. The van der Waals surface area contributed by atoms with E-state index in [1.165, 1.54) is 11.1 Å². The van der Waals surface area contributed by atoms with Crippen LogP contribution in [-0.2, 0) is 21.7 Å². The van der Waals surface area contributed by atoms with E-state index in [0.29, 0.717) is 6.42 Å². The van der Waals surface area contributed by atoms with Gasteiger partial charge in [-0.05, 0) is 23.3 Å². The zero-order chi connectivity index (χ0) is 15.6. The SMILES string of the molecule is O=C1CC[C@@]2(c3ccc(Br)cc3)O[C@@H]3Cc4ccccc4[C@@H]3N12. The lowest BCUT2D eigenvalue weighted by Gasteiger charge is -2.34. The third-order valence-electron chi connectivity index (χ3n) is 5.40. The van der Waals surface area contributed by atoms with Crippen molar-refractivity contribution in [1.82, 2.24) is 4.90 Å². The number of rotatable bonds is 1. The van der Waals surface area contributed by atoms with E-state index in [1.807, 2.05) is 17.0 Å². The van der Waals surface area contributed by atoms with E-state index in [2.05, 4.69) is 52.3 Å². The minimum absolute atomic E-state index is 0.0600. The van der Waals surface area contributed by atoms with E-state index in [1.54, 1.807) is 0 Å². The van der Waals surface area contributed by atoms with Crippen molar-refractivity contribution in [3.05, 3.63) is 69.7 Å². The van der Waals surface area contributed by atoms with Crippen molar-refractivity contribution in [1.29, 1.82) is 0 Å². The number of amides is 1. The topological polar surface area (TPSA) is 29.5 Å². The molecule has 2 aromatic rings. The summed E-state index contributed by atoms with van der Waals surface area (Å²) < 4.78 is 7.60. The van der Waals surface area contributed by atoms with E-state index in [4.69, 9.17) is 4.74 Å². The highest BCUT2D eigenvalue weighted by Gasteiger charge is 2.61. The Bertz CT molecular complexity index is 803. The smallest absolute Gasteiger partial charge is 0.225 e. The van der Waals surface area contributed by atoms with E-state index < -0.39 is 5.72 Å². The van der Waals surface area contributed by atoms with Crippen molar-refractivity contribution >= 4 is 21.8 Å². The molecule has 3 nitrogen and oxygen atoms in total. The largest absolute Gasteiger partial charge is 0.345 e. The summed E-state index contributed by atoms with van der Waals surface area (Å²) in [5, 5.41) is 0. The molecule has 2 saturated heterocycles. The second-order valence-corrected chi connectivity index (χ2v) is 7.47. The van der Waals surface area contributed by atoms with Crippen molar-refractivity contribution < 1.29 is 9.53 Å². The molecular formula is C19H16BrNO2. The molecule has 0 unspecified atom stereocenters. The lowest BCUT2D eigenvalue weighted by molar-refractivity contribution is -0.141. The summed E-state index contributed by atoms with van der Waals surface area (Å²) in [6.45, 7) is 0. The lowest BCUT2D eigenvalue weighted by Crippen LogP contribution is -2.40. The van der Waals surface area contributed by atoms with Crippen LogP contribution in [0.3, 0.4) is 0 Å². The maximum atomic E-state index is 12.7. The Labute approximate surface area is 143 Å². The van der Waals surface area contributed by atoms with E-state index in [0.717, 1.165) is 22.9 Å². The summed E-state index contributed by atoms with van der Waals surface area (Å²) in [7, 11) is 0. The van der Waals surface area contributed by atoms with Crippen molar-refractivity contribution in [2.24, 2.45) is 0 Å². The Kier molecular flexibility index (Phi) is 2.80. The summed E-state index contributed by atoms with van der Waals surface area (Å²) in [5.74, 6) is 0.206. The number of carbonyl (C=O) groups is 1. The molecule has 3 atom stereocenters. The molecule has 2 fully saturated rings. The molecule has 1 amide bonds. The van der Waals surface area contributed by atoms with Crippen LogP contribution >= 0.6 is 15.9 Å². The van der Waals surface area contributed by atoms with Crippen molar-refractivity contribution in [2.75, 3.05) is 0 Å². The van der Waals surface area contributed by atoms with E-state index in [-0.39, 0.29) is 18.1 Å². The van der Waals surface area contributed by atoms with E-state index in [9.17, 15) is 4.79 Å². The van der Waals surface area contributed by atoms with Gasteiger partial charge in [0.25, 0.3) is 0 Å². The number of hydrogen-bond acceptors (Lipinski definition) is 2. The molecular weight excluding hydrogens is 354 g/mol. The quantitative estimate of drug-likeness (QED) is 0.762. The van der Waals surface area contributed by atoms with Gasteiger partial charge in [0, 0.05) is 29.3 Å². The Morgan fingerprint density at radius 1 is 1.13 bits per heavy atom. The minimum atomic E-state index is -0.583. The fourth-order valence-corrected chi connectivity index (χ4v) is 4.74. The van der Waals surface area contributed by atoms with Crippen molar-refractivity contribution in [2.45, 2.75) is 37.1 Å². The van der Waals surface area contributed by atoms with Gasteiger partial charge in [-0.1, -0.05) is 52.3 Å². The van der Waals surface area contributed by atoms with Crippen LogP contribution in [0.4, 0.5) is 0 Å². The molecule has 4 heteroatoms. The molecule has 0 spiro atoms. The van der Waals surface area contributed by atoms with Gasteiger partial charge in [-0.15, -0.1) is 0 Å². The van der Waals surface area contributed by atoms with Gasteiger partial charge in [0.2, 0.25) is 5.91 Å². The highest BCUT2D eigenvalue weighted by Crippen LogP contribution is 2.57. The first-order valence-corrected chi connectivity index (χ1v) is 8.82. The number of hydrogen-bond donors (Lipinski definition) is 0. The fraction of sp³-hybridized carbons (Fsp3) is 0.316. The summed E-state index contributed by atoms with van der Waals surface area (Å²) in [4.78, 5) is 14.7. The monoisotopic (exact) mass is 369 g/mol. The number of benzene rings is 2. The number of fused-ring (bicyclic) bond motifs is 5. The highest BCUT2D eigenvalue weighted by atomic mass is 79.9. The summed E-state index contributed by atoms with van der Waals surface area (Å²) in [6.07, 6.45) is 2.26. The van der Waals surface area contributed by atoms with Crippen LogP contribution in [0.1, 0.15) is 35.6 Å². The predicted molar refractivity (Wildman–Crippen MR) is 89.7 cm³/mol. The summed E-state index contributed by atoms with van der Waals surface area (Å²) in [6, 6.07) is 16.7. The minimum Gasteiger partial charge on any atom is -0.345 e. The Morgan fingerprint density at radius 3 is 2.74 bits per heavy atom. The normalized spacial score (nSPS) is 31.2. The van der Waals surface area contributed by atoms with Crippen LogP contribution < -0.4 is 0 Å². The Balaban J connectivity index is 1.65. The van der Waals surface area contributed by atoms with Gasteiger partial charge in [-0.2, -0.15) is 0 Å². The Morgan fingerprint density at radius 2 is 1.91 bits per heavy atom. The first-order valence-electron chi connectivity index (χ1n) is 8.03. The van der Waals surface area contributed by atoms with Gasteiger partial charge < -0.3 is 9.64 Å². The summed E-state index contributed by atoms with van der Waals surface area (Å²) >= 11 is 3.48. The standard InChI is InChI=1S/C19H16BrNO2/c20-14-7-5-13(6-8-14)19-10-9-17(22)21(19)18-15-4-2-1-3-12(15)11-16(18)23-19/h1-8,16,18H,9-11H2/t16-,18+,19+/m1/s1. The molecule has 0 bridgehead atoms. The van der Waals surface area contributed by atoms with Gasteiger partial charge in [0.1, 0.15) is 0 Å². The number of carbonyl (C=O) groups excluding carboxylic acids is 1. The second-order valence-electron chi connectivity index (χ2n) is 6.56. The Hall–Kier alpha value is -1.65. The lowest BCUT2D eigenvalue weighted by atomic mass is 9.99. The predicted octanol–water partition coefficient (Wildman–Crippen LogP) is 3.92. The second kappa shape index (κ2) is 4.68. The van der Waals surface area contributed by atoms with E-state index >= 15 is 0 Å². The fourth-order valence-electron chi connectivity index (χ4n) is 4.48. The van der Waals surface area contributed by atoms with Crippen LogP contribution in [-0.4, -0.2) is 16.9 Å². The molecule has 2 heterocycles. The molecule has 0 aromatic heterocycles. The van der Waals surface area contributed by atoms with Crippen LogP contribution in [0.2, 0.25) is 0 Å². The maximum absolute atomic E-state index is 12.7. The van der Waals surface area contributed by atoms with Crippen LogP contribution in [0, 0.1) is 0 Å². The van der Waals surface area contributed by atoms with Gasteiger partial charge in [0.15, 0.2) is 5.72 Å². The molecule has 0 radical (unpaired) electrons. The first kappa shape index (κ1) is 13.8. The molecule has 2 aliphatic heterocycles. The zero-order valence-electron chi connectivity index (χ0n) is 12.5. The van der Waals surface area contributed by atoms with Gasteiger partial charge in [0.05, 0.1) is 12.1 Å². The van der Waals surface area contributed by atoms with Crippen LogP contribution in [0.5, 0.6) is 0 Å². The van der Waals surface area contributed by atoms with Crippen molar-refractivity contribution in [3.63, 3.8) is 0 Å². The zero-order valence-corrected chi connectivity index (χ0v) is 14.1. The third-order valence-corrected chi connectivity index (χ3v) is 5.93. The molecule has 0 N–H and O–H groups in total. The van der Waals surface area contributed by atoms with Gasteiger partial charge >= 0.3 is 0 Å². The average Bonchev–Trinajstić information content (AvgIpc) is 3.16. The molecule has 1 aliphatic carbocycles. The maximum Gasteiger partial charge on any atom is 0.225 e. The van der Waals surface area contributed by atoms with Crippen molar-refractivity contribution in [3.8, 4) is 0 Å². The van der Waals surface area contributed by atoms with Crippen LogP contribution in [0.25, 0.3) is 0 Å². The third kappa shape index (κ3) is 1.76. The molecule has 0 saturated carbocycles. The number of nitrogens with zero attached hydrogens (tertiary/aromatic N) is 1. The van der Waals surface area contributed by atoms with Gasteiger partial charge in [-0.25, -0.2) is 0 Å². The average molecular weight is 370 g/mol. The molecule has 2 aromatic carbocycles. The number of ether oxygens (including phenoxy) is 1. The molecule has 23 heavy (non-hydrogen) atoms. The highest BCUT2D eigenvalue weighted by molar-refractivity contribution is 9.10. The molecule has 5 rings (SSSR count). The first-order chi connectivity index (χ1) is 11.2. The summed E-state index contributed by atoms with van der Waals surface area (Å²) in [5.41, 5.74) is 3.07. The van der Waals surface area contributed by atoms with Gasteiger partial charge in [-0.3, -0.25) is 4.79 Å². The molecule has 3 aliphatic rings. The van der Waals surface area contributed by atoms with Crippen LogP contribution in [0.15, 0.2) is 53.0 Å².